The molecule has 0 aliphatic carbocycles. The predicted octanol–water partition coefficient (Wildman–Crippen LogP) is 3.95. The van der Waals surface area contributed by atoms with Gasteiger partial charge in [-0.05, 0) is 42.0 Å². The van der Waals surface area contributed by atoms with Crippen molar-refractivity contribution in [3.8, 4) is 5.75 Å². The van der Waals surface area contributed by atoms with Crippen LogP contribution < -0.4 is 10.1 Å². The molecule has 0 saturated carbocycles. The molecular formula is C17H27NO. The molecule has 19 heavy (non-hydrogen) atoms. The van der Waals surface area contributed by atoms with Gasteiger partial charge >= 0.3 is 0 Å². The molecule has 0 bridgehead atoms. The summed E-state index contributed by atoms with van der Waals surface area (Å²) in [7, 11) is 0. The van der Waals surface area contributed by atoms with E-state index in [0.717, 1.165) is 37.7 Å². The second kappa shape index (κ2) is 6.42. The van der Waals surface area contributed by atoms with E-state index in [9.17, 15) is 0 Å². The molecule has 2 heteroatoms. The van der Waals surface area contributed by atoms with Gasteiger partial charge in [-0.25, -0.2) is 0 Å². The van der Waals surface area contributed by atoms with Gasteiger partial charge in [0.1, 0.15) is 5.75 Å². The van der Waals surface area contributed by atoms with Crippen LogP contribution in [0.1, 0.15) is 51.3 Å². The molecule has 1 aromatic rings. The van der Waals surface area contributed by atoms with E-state index in [-0.39, 0.29) is 0 Å². The molecule has 1 N–H and O–H groups in total. The fraction of sp³-hybridized carbons (Fsp3) is 0.647. The van der Waals surface area contributed by atoms with Gasteiger partial charge in [-0.3, -0.25) is 0 Å². The molecule has 0 amide bonds. The molecule has 0 radical (unpaired) electrons. The molecule has 2 atom stereocenters. The summed E-state index contributed by atoms with van der Waals surface area (Å²) in [5, 5.41) is 3.72. The van der Waals surface area contributed by atoms with E-state index < -0.39 is 0 Å². The number of rotatable bonds is 6. The first-order valence-corrected chi connectivity index (χ1v) is 7.60. The van der Waals surface area contributed by atoms with Gasteiger partial charge in [0.05, 0.1) is 6.61 Å². The molecule has 0 aromatic heterocycles. The van der Waals surface area contributed by atoms with Crippen LogP contribution in [0, 0.1) is 11.8 Å². The molecule has 1 aliphatic heterocycles. The number of hydrogen-bond donors (Lipinski definition) is 1. The van der Waals surface area contributed by atoms with Gasteiger partial charge in [0.25, 0.3) is 0 Å². The first-order valence-electron chi connectivity index (χ1n) is 7.60. The van der Waals surface area contributed by atoms with Crippen LogP contribution in [-0.2, 0) is 6.42 Å². The fourth-order valence-electron chi connectivity index (χ4n) is 2.48. The molecule has 0 spiro atoms. The van der Waals surface area contributed by atoms with Crippen molar-refractivity contribution in [3.63, 3.8) is 0 Å². The van der Waals surface area contributed by atoms with Crippen molar-refractivity contribution in [2.45, 2.75) is 46.6 Å². The monoisotopic (exact) mass is 261 g/mol. The zero-order valence-electron chi connectivity index (χ0n) is 12.7. The largest absolute Gasteiger partial charge is 0.493 e. The highest BCUT2D eigenvalue weighted by Crippen LogP contribution is 2.29. The first-order chi connectivity index (χ1) is 9.11. The van der Waals surface area contributed by atoms with Crippen LogP contribution in [0.2, 0.25) is 0 Å². The Bertz CT molecular complexity index is 414. The number of hydrogen-bond acceptors (Lipinski definition) is 2. The average molecular weight is 261 g/mol. The Labute approximate surface area is 117 Å². The van der Waals surface area contributed by atoms with E-state index in [1.54, 1.807) is 0 Å². The van der Waals surface area contributed by atoms with Gasteiger partial charge in [-0.2, -0.15) is 0 Å². The van der Waals surface area contributed by atoms with Crippen molar-refractivity contribution in [2.24, 2.45) is 11.8 Å². The first kappa shape index (κ1) is 14.4. The van der Waals surface area contributed by atoms with Gasteiger partial charge < -0.3 is 10.1 Å². The normalized spacial score (nSPS) is 17.1. The van der Waals surface area contributed by atoms with Crippen LogP contribution in [0.4, 0.5) is 0 Å². The Kier molecular flexibility index (Phi) is 4.87. The van der Waals surface area contributed by atoms with E-state index in [1.165, 1.54) is 11.1 Å². The maximum absolute atomic E-state index is 5.58. The van der Waals surface area contributed by atoms with E-state index in [4.69, 9.17) is 4.74 Å². The molecular weight excluding hydrogens is 234 g/mol. The SMILES string of the molecule is CCC(NCC(C)C(C)C)c1ccc2c(c1)CCO2. The van der Waals surface area contributed by atoms with Crippen molar-refractivity contribution < 1.29 is 4.74 Å². The zero-order chi connectivity index (χ0) is 13.8. The average Bonchev–Trinajstić information content (AvgIpc) is 2.86. The predicted molar refractivity (Wildman–Crippen MR) is 80.7 cm³/mol. The van der Waals surface area contributed by atoms with Gasteiger partial charge in [0.2, 0.25) is 0 Å². The molecule has 0 saturated heterocycles. The number of benzene rings is 1. The fourth-order valence-corrected chi connectivity index (χ4v) is 2.48. The van der Waals surface area contributed by atoms with Crippen LogP contribution in [-0.4, -0.2) is 13.2 Å². The maximum atomic E-state index is 5.58. The van der Waals surface area contributed by atoms with Crippen LogP contribution in [0.25, 0.3) is 0 Å². The summed E-state index contributed by atoms with van der Waals surface area (Å²) in [6.45, 7) is 11.1. The van der Waals surface area contributed by atoms with E-state index in [2.05, 4.69) is 51.2 Å². The van der Waals surface area contributed by atoms with Gasteiger partial charge in [-0.1, -0.05) is 39.8 Å². The Morgan fingerprint density at radius 2 is 2.05 bits per heavy atom. The summed E-state index contributed by atoms with van der Waals surface area (Å²) >= 11 is 0. The van der Waals surface area contributed by atoms with Gasteiger partial charge in [-0.15, -0.1) is 0 Å². The molecule has 0 fully saturated rings. The van der Waals surface area contributed by atoms with Crippen molar-refractivity contribution in [2.75, 3.05) is 13.2 Å². The molecule has 106 valence electrons. The van der Waals surface area contributed by atoms with Crippen LogP contribution in [0.3, 0.4) is 0 Å². The highest BCUT2D eigenvalue weighted by Gasteiger charge is 2.16. The summed E-state index contributed by atoms with van der Waals surface area (Å²) in [4.78, 5) is 0. The summed E-state index contributed by atoms with van der Waals surface area (Å²) in [5.41, 5.74) is 2.78. The van der Waals surface area contributed by atoms with E-state index in [1.807, 2.05) is 0 Å². The Morgan fingerprint density at radius 1 is 1.26 bits per heavy atom. The van der Waals surface area contributed by atoms with Crippen molar-refractivity contribution >= 4 is 0 Å². The number of fused-ring (bicyclic) bond motifs is 1. The third kappa shape index (κ3) is 3.50. The molecule has 1 aliphatic rings. The quantitative estimate of drug-likeness (QED) is 0.837. The third-order valence-corrected chi connectivity index (χ3v) is 4.35. The van der Waals surface area contributed by atoms with Gasteiger partial charge in [0.15, 0.2) is 0 Å². The summed E-state index contributed by atoms with van der Waals surface area (Å²) in [6, 6.07) is 7.13. The number of ether oxygens (including phenoxy) is 1. The Morgan fingerprint density at radius 3 is 2.74 bits per heavy atom. The lowest BCUT2D eigenvalue weighted by Crippen LogP contribution is -2.28. The van der Waals surface area contributed by atoms with E-state index >= 15 is 0 Å². The van der Waals surface area contributed by atoms with Gasteiger partial charge in [0, 0.05) is 12.5 Å². The summed E-state index contributed by atoms with van der Waals surface area (Å²) in [5.74, 6) is 2.53. The second-order valence-electron chi connectivity index (χ2n) is 6.06. The Balaban J connectivity index is 2.01. The molecule has 1 heterocycles. The summed E-state index contributed by atoms with van der Waals surface area (Å²) in [6.07, 6.45) is 2.19. The summed E-state index contributed by atoms with van der Waals surface area (Å²) < 4.78 is 5.58. The lowest BCUT2D eigenvalue weighted by atomic mass is 9.96. The minimum Gasteiger partial charge on any atom is -0.493 e. The van der Waals surface area contributed by atoms with Crippen LogP contribution in [0.5, 0.6) is 5.75 Å². The van der Waals surface area contributed by atoms with Crippen molar-refractivity contribution in [1.29, 1.82) is 0 Å². The lowest BCUT2D eigenvalue weighted by Gasteiger charge is -2.22. The minimum atomic E-state index is 0.465. The van der Waals surface area contributed by atoms with E-state index in [0.29, 0.717) is 12.0 Å². The smallest absolute Gasteiger partial charge is 0.122 e. The molecule has 2 nitrogen and oxygen atoms in total. The zero-order valence-corrected chi connectivity index (χ0v) is 12.7. The molecule has 2 unspecified atom stereocenters. The standard InChI is InChI=1S/C17H27NO/c1-5-16(18-11-13(4)12(2)3)14-6-7-17-15(10-14)8-9-19-17/h6-7,10,12-13,16,18H,5,8-9,11H2,1-4H3. The van der Waals surface area contributed by atoms with Crippen molar-refractivity contribution in [1.82, 2.24) is 5.32 Å². The molecule has 1 aromatic carbocycles. The minimum absolute atomic E-state index is 0.465. The number of nitrogens with one attached hydrogen (secondary N) is 1. The lowest BCUT2D eigenvalue weighted by molar-refractivity contribution is 0.356. The van der Waals surface area contributed by atoms with Crippen molar-refractivity contribution in [3.05, 3.63) is 29.3 Å². The maximum Gasteiger partial charge on any atom is 0.122 e. The third-order valence-electron chi connectivity index (χ3n) is 4.35. The molecule has 2 rings (SSSR count). The van der Waals surface area contributed by atoms with Crippen LogP contribution in [0.15, 0.2) is 18.2 Å². The highest BCUT2D eigenvalue weighted by molar-refractivity contribution is 5.40. The highest BCUT2D eigenvalue weighted by atomic mass is 16.5. The van der Waals surface area contributed by atoms with Crippen LogP contribution >= 0.6 is 0 Å². The Hall–Kier alpha value is -1.02. The topological polar surface area (TPSA) is 21.3 Å². The second-order valence-corrected chi connectivity index (χ2v) is 6.06.